The molecule has 1 heterocycles. The number of nitrogens with zero attached hydrogens (tertiary/aromatic N) is 2. The molecule has 3 rings (SSSR count). The third-order valence-electron chi connectivity index (χ3n) is 4.90. The molecule has 0 radical (unpaired) electrons. The van der Waals surface area contributed by atoms with Crippen LogP contribution in [0.5, 0.6) is 0 Å². The van der Waals surface area contributed by atoms with Gasteiger partial charge >= 0.3 is 0 Å². The van der Waals surface area contributed by atoms with Crippen LogP contribution in [0.15, 0.2) is 18.2 Å². The van der Waals surface area contributed by atoms with Crippen LogP contribution in [0, 0.1) is 12.8 Å². The monoisotopic (exact) mass is 286 g/mol. The molecule has 2 aliphatic rings. The Bertz CT molecular complexity index is 526. The minimum absolute atomic E-state index is 0.296. The predicted octanol–water partition coefficient (Wildman–Crippen LogP) is 3.12. The molecule has 0 N–H and O–H groups in total. The largest absolute Gasteiger partial charge is 0.371 e. The van der Waals surface area contributed by atoms with E-state index in [2.05, 4.69) is 49.0 Å². The molecule has 3 nitrogen and oxygen atoms in total. The zero-order valence-corrected chi connectivity index (χ0v) is 13.4. The van der Waals surface area contributed by atoms with Crippen molar-refractivity contribution < 1.29 is 4.79 Å². The molecule has 0 atom stereocenters. The average Bonchev–Trinajstić information content (AvgIpc) is 3.31. The first-order valence-electron chi connectivity index (χ1n) is 8.12. The Balaban J connectivity index is 1.80. The Morgan fingerprint density at radius 2 is 1.81 bits per heavy atom. The highest BCUT2D eigenvalue weighted by molar-refractivity contribution is 6.04. The molecule has 0 unspecified atom stereocenters. The maximum Gasteiger partial charge on any atom is 0.168 e. The number of anilines is 1. The van der Waals surface area contributed by atoms with Crippen LogP contribution in [-0.4, -0.2) is 43.9 Å². The van der Waals surface area contributed by atoms with Crippen molar-refractivity contribution in [3.8, 4) is 0 Å². The second kappa shape index (κ2) is 5.80. The molecule has 1 aromatic rings. The van der Waals surface area contributed by atoms with Crippen LogP contribution >= 0.6 is 0 Å². The lowest BCUT2D eigenvalue weighted by Crippen LogP contribution is -2.42. The van der Waals surface area contributed by atoms with Crippen LogP contribution in [0.3, 0.4) is 0 Å². The molecule has 0 spiro atoms. The van der Waals surface area contributed by atoms with Gasteiger partial charge in [-0.15, -0.1) is 0 Å². The lowest BCUT2D eigenvalue weighted by atomic mass is 9.98. The molecule has 1 saturated heterocycles. The molecule has 3 heteroatoms. The maximum atomic E-state index is 12.6. The van der Waals surface area contributed by atoms with Crippen LogP contribution in [0.1, 0.15) is 41.6 Å². The maximum absolute atomic E-state index is 12.6. The molecule has 0 aromatic heterocycles. The predicted molar refractivity (Wildman–Crippen MR) is 87.2 cm³/mol. The van der Waals surface area contributed by atoms with E-state index in [1.54, 1.807) is 0 Å². The fraction of sp³-hybridized carbons (Fsp3) is 0.611. The van der Waals surface area contributed by atoms with Gasteiger partial charge in [-0.05, 0) is 58.8 Å². The average molecular weight is 286 g/mol. The highest BCUT2D eigenvalue weighted by Gasteiger charge is 2.33. The minimum Gasteiger partial charge on any atom is -0.371 e. The van der Waals surface area contributed by atoms with Gasteiger partial charge in [-0.25, -0.2) is 0 Å². The van der Waals surface area contributed by atoms with Crippen molar-refractivity contribution in [2.45, 2.75) is 38.6 Å². The summed E-state index contributed by atoms with van der Waals surface area (Å²) in [6.45, 7) is 4.18. The van der Waals surface area contributed by atoms with E-state index in [1.807, 2.05) is 0 Å². The summed E-state index contributed by atoms with van der Waals surface area (Å²) in [5.74, 6) is 0.660. The van der Waals surface area contributed by atoms with E-state index < -0.39 is 0 Å². The Hall–Kier alpha value is -1.35. The van der Waals surface area contributed by atoms with Crippen molar-refractivity contribution in [3.05, 3.63) is 29.3 Å². The normalized spacial score (nSPS) is 20.1. The molecule has 1 aliphatic carbocycles. The Morgan fingerprint density at radius 1 is 1.14 bits per heavy atom. The molecule has 21 heavy (non-hydrogen) atoms. The number of ketones is 1. The van der Waals surface area contributed by atoms with Crippen LogP contribution in [-0.2, 0) is 0 Å². The number of carbonyl (C=O) groups is 1. The van der Waals surface area contributed by atoms with Gasteiger partial charge in [0.1, 0.15) is 0 Å². The van der Waals surface area contributed by atoms with E-state index in [0.717, 1.165) is 37.2 Å². The highest BCUT2D eigenvalue weighted by atomic mass is 16.1. The van der Waals surface area contributed by atoms with Gasteiger partial charge in [0, 0.05) is 36.3 Å². The van der Waals surface area contributed by atoms with E-state index in [4.69, 9.17) is 0 Å². The topological polar surface area (TPSA) is 23.6 Å². The number of aryl methyl sites for hydroxylation is 1. The first kappa shape index (κ1) is 14.6. The summed E-state index contributed by atoms with van der Waals surface area (Å²) in [5, 5.41) is 0. The summed E-state index contributed by atoms with van der Waals surface area (Å²) in [5.41, 5.74) is 3.31. The molecular formula is C18H26N2O. The number of benzene rings is 1. The lowest BCUT2D eigenvalue weighted by Gasteiger charge is -2.37. The Kier molecular flexibility index (Phi) is 4.03. The van der Waals surface area contributed by atoms with Crippen LogP contribution < -0.4 is 4.90 Å². The molecule has 0 bridgehead atoms. The van der Waals surface area contributed by atoms with Crippen molar-refractivity contribution in [2.75, 3.05) is 32.1 Å². The number of hydrogen-bond donors (Lipinski definition) is 0. The molecule has 0 amide bonds. The Morgan fingerprint density at radius 3 is 2.38 bits per heavy atom. The summed E-state index contributed by atoms with van der Waals surface area (Å²) < 4.78 is 0. The van der Waals surface area contributed by atoms with Gasteiger partial charge in [0.25, 0.3) is 0 Å². The lowest BCUT2D eigenvalue weighted by molar-refractivity contribution is 0.0968. The van der Waals surface area contributed by atoms with Crippen molar-refractivity contribution in [2.24, 2.45) is 5.92 Å². The fourth-order valence-electron chi connectivity index (χ4n) is 3.31. The third-order valence-corrected chi connectivity index (χ3v) is 4.90. The van der Waals surface area contributed by atoms with Crippen molar-refractivity contribution in [1.82, 2.24) is 4.90 Å². The van der Waals surface area contributed by atoms with Crippen molar-refractivity contribution in [3.63, 3.8) is 0 Å². The quantitative estimate of drug-likeness (QED) is 0.795. The summed E-state index contributed by atoms with van der Waals surface area (Å²) >= 11 is 0. The molecule has 1 aliphatic heterocycles. The van der Waals surface area contributed by atoms with E-state index >= 15 is 0 Å². The van der Waals surface area contributed by atoms with Gasteiger partial charge < -0.3 is 9.80 Å². The number of piperidine rings is 1. The van der Waals surface area contributed by atoms with E-state index in [1.165, 1.54) is 18.4 Å². The van der Waals surface area contributed by atoms with Crippen LogP contribution in [0.25, 0.3) is 0 Å². The summed E-state index contributed by atoms with van der Waals surface area (Å²) in [6, 6.07) is 7.06. The zero-order valence-electron chi connectivity index (χ0n) is 13.4. The minimum atomic E-state index is 0.296. The molecular weight excluding hydrogens is 260 g/mol. The first-order valence-corrected chi connectivity index (χ1v) is 8.12. The van der Waals surface area contributed by atoms with Crippen molar-refractivity contribution in [1.29, 1.82) is 0 Å². The van der Waals surface area contributed by atoms with Crippen LogP contribution in [0.2, 0.25) is 0 Å². The fourth-order valence-corrected chi connectivity index (χ4v) is 3.31. The van der Waals surface area contributed by atoms with Gasteiger partial charge in [-0.1, -0.05) is 11.6 Å². The summed E-state index contributed by atoms with van der Waals surface area (Å²) in [6.07, 6.45) is 4.51. The number of hydrogen-bond acceptors (Lipinski definition) is 3. The van der Waals surface area contributed by atoms with Crippen molar-refractivity contribution >= 4 is 11.5 Å². The van der Waals surface area contributed by atoms with Gasteiger partial charge in [0.2, 0.25) is 0 Å². The van der Waals surface area contributed by atoms with E-state index in [9.17, 15) is 4.79 Å². The summed E-state index contributed by atoms with van der Waals surface area (Å²) in [7, 11) is 4.32. The van der Waals surface area contributed by atoms with Gasteiger partial charge in [0.05, 0.1) is 0 Å². The molecule has 114 valence electrons. The molecule has 1 aromatic carbocycles. The standard InChI is InChI=1S/C18H26N2O/c1-13-4-7-17(16(12-13)18(21)14-5-6-14)20-10-8-15(9-11-20)19(2)3/h4,7,12,14-15H,5-6,8-11H2,1-3H3. The Labute approximate surface area is 127 Å². The zero-order chi connectivity index (χ0) is 15.0. The van der Waals surface area contributed by atoms with Gasteiger partial charge in [0.15, 0.2) is 5.78 Å². The van der Waals surface area contributed by atoms with Gasteiger partial charge in [-0.3, -0.25) is 4.79 Å². The second-order valence-electron chi connectivity index (χ2n) is 6.84. The molecule has 2 fully saturated rings. The number of carbonyl (C=O) groups excluding carboxylic acids is 1. The third kappa shape index (κ3) is 3.13. The number of Topliss-reactive ketones (excluding diaryl/α,β-unsaturated/α-hetero) is 1. The first-order chi connectivity index (χ1) is 10.1. The molecule has 1 saturated carbocycles. The summed E-state index contributed by atoms with van der Waals surface area (Å²) in [4.78, 5) is 17.3. The smallest absolute Gasteiger partial charge is 0.168 e. The van der Waals surface area contributed by atoms with E-state index in [-0.39, 0.29) is 0 Å². The number of rotatable bonds is 4. The highest BCUT2D eigenvalue weighted by Crippen LogP contribution is 2.36. The van der Waals surface area contributed by atoms with E-state index in [0.29, 0.717) is 17.7 Å². The second-order valence-corrected chi connectivity index (χ2v) is 6.84. The van der Waals surface area contributed by atoms with Gasteiger partial charge in [-0.2, -0.15) is 0 Å². The van der Waals surface area contributed by atoms with Crippen LogP contribution in [0.4, 0.5) is 5.69 Å². The SMILES string of the molecule is Cc1ccc(N2CCC(N(C)C)CC2)c(C(=O)C2CC2)c1.